The van der Waals surface area contributed by atoms with E-state index in [-0.39, 0.29) is 4.90 Å². The molecule has 0 saturated carbocycles. The van der Waals surface area contributed by atoms with E-state index in [4.69, 9.17) is 0 Å². The third-order valence-electron chi connectivity index (χ3n) is 4.67. The van der Waals surface area contributed by atoms with Crippen LogP contribution >= 0.6 is 0 Å². The molecule has 1 heterocycles. The van der Waals surface area contributed by atoms with E-state index in [1.165, 1.54) is 0 Å². The summed E-state index contributed by atoms with van der Waals surface area (Å²) in [6.07, 6.45) is 1.87. The van der Waals surface area contributed by atoms with Crippen molar-refractivity contribution in [2.75, 3.05) is 0 Å². The van der Waals surface area contributed by atoms with Crippen LogP contribution in [0.5, 0.6) is 0 Å². The van der Waals surface area contributed by atoms with E-state index in [1.807, 2.05) is 67.7 Å². The van der Waals surface area contributed by atoms with Crippen molar-refractivity contribution in [2.45, 2.75) is 17.9 Å². The fraction of sp³-hybridized carbons (Fsp3) is 0.0909. The Morgan fingerprint density at radius 2 is 1.52 bits per heavy atom. The molecule has 0 bridgehead atoms. The van der Waals surface area contributed by atoms with E-state index in [9.17, 15) is 8.42 Å². The van der Waals surface area contributed by atoms with Gasteiger partial charge in [0.2, 0.25) is 10.0 Å². The molecule has 1 atom stereocenters. The van der Waals surface area contributed by atoms with Gasteiger partial charge in [0.05, 0.1) is 10.9 Å². The second kappa shape index (κ2) is 7.02. The quantitative estimate of drug-likeness (QED) is 0.537. The van der Waals surface area contributed by atoms with Gasteiger partial charge in [0.15, 0.2) is 0 Å². The molecule has 1 aromatic heterocycles. The van der Waals surface area contributed by atoms with Gasteiger partial charge in [-0.3, -0.25) is 0 Å². The van der Waals surface area contributed by atoms with Crippen LogP contribution in [0, 0.1) is 6.92 Å². The summed E-state index contributed by atoms with van der Waals surface area (Å²) in [5.74, 6) is 0. The molecule has 0 spiro atoms. The maximum Gasteiger partial charge on any atom is 0.241 e. The number of aryl methyl sites for hydroxylation is 1. The molecule has 0 unspecified atom stereocenters. The second-order valence-corrected chi connectivity index (χ2v) is 8.28. The molecule has 0 aliphatic heterocycles. The van der Waals surface area contributed by atoms with E-state index < -0.39 is 16.1 Å². The average molecular weight is 376 g/mol. The molecule has 4 nitrogen and oxygen atoms in total. The first-order chi connectivity index (χ1) is 13.0. The zero-order chi connectivity index (χ0) is 18.9. The number of aromatic nitrogens is 1. The Hall–Kier alpha value is -2.89. The highest BCUT2D eigenvalue weighted by Gasteiger charge is 2.24. The largest absolute Gasteiger partial charge is 0.361 e. The van der Waals surface area contributed by atoms with E-state index in [2.05, 4.69) is 9.71 Å². The minimum atomic E-state index is -3.68. The molecule has 3 aromatic carbocycles. The number of para-hydroxylation sites is 1. The normalized spacial score (nSPS) is 12.9. The van der Waals surface area contributed by atoms with E-state index in [0.29, 0.717) is 0 Å². The van der Waals surface area contributed by atoms with Gasteiger partial charge in [0, 0.05) is 17.1 Å². The molecule has 0 fully saturated rings. The lowest BCUT2D eigenvalue weighted by Crippen LogP contribution is -2.29. The lowest BCUT2D eigenvalue weighted by atomic mass is 9.99. The van der Waals surface area contributed by atoms with Gasteiger partial charge in [-0.15, -0.1) is 0 Å². The van der Waals surface area contributed by atoms with Gasteiger partial charge < -0.3 is 4.98 Å². The molecule has 4 rings (SSSR count). The molecule has 136 valence electrons. The number of fused-ring (bicyclic) bond motifs is 1. The van der Waals surface area contributed by atoms with Crippen LogP contribution in [0.2, 0.25) is 0 Å². The highest BCUT2D eigenvalue weighted by molar-refractivity contribution is 7.89. The first-order valence-electron chi connectivity index (χ1n) is 8.74. The fourth-order valence-corrected chi connectivity index (χ4v) is 4.43. The Morgan fingerprint density at radius 3 is 2.26 bits per heavy atom. The minimum absolute atomic E-state index is 0.258. The molecule has 4 aromatic rings. The number of nitrogens with one attached hydrogen (secondary N) is 2. The van der Waals surface area contributed by atoms with Crippen LogP contribution < -0.4 is 4.72 Å². The third-order valence-corrected chi connectivity index (χ3v) is 6.11. The molecule has 0 aliphatic carbocycles. The predicted octanol–water partition coefficient (Wildman–Crippen LogP) is 4.54. The van der Waals surface area contributed by atoms with Crippen molar-refractivity contribution in [2.24, 2.45) is 0 Å². The number of aromatic amines is 1. The summed E-state index contributed by atoms with van der Waals surface area (Å²) in [4.78, 5) is 3.49. The van der Waals surface area contributed by atoms with Crippen molar-refractivity contribution in [3.05, 3.63) is 102 Å². The Labute approximate surface area is 158 Å². The van der Waals surface area contributed by atoms with Gasteiger partial charge in [-0.2, -0.15) is 4.72 Å². The Balaban J connectivity index is 1.81. The first kappa shape index (κ1) is 17.5. The summed E-state index contributed by atoms with van der Waals surface area (Å²) in [5.41, 5.74) is 3.78. The number of sulfonamides is 1. The molecule has 5 heteroatoms. The van der Waals surface area contributed by atoms with Crippen LogP contribution in [0.3, 0.4) is 0 Å². The fourth-order valence-electron chi connectivity index (χ4n) is 3.23. The van der Waals surface area contributed by atoms with E-state index in [1.54, 1.807) is 24.3 Å². The Morgan fingerprint density at radius 1 is 0.852 bits per heavy atom. The van der Waals surface area contributed by atoms with Crippen LogP contribution in [-0.4, -0.2) is 13.4 Å². The van der Waals surface area contributed by atoms with Gasteiger partial charge in [0.1, 0.15) is 0 Å². The predicted molar refractivity (Wildman–Crippen MR) is 108 cm³/mol. The Kier molecular flexibility index (Phi) is 4.56. The summed E-state index contributed by atoms with van der Waals surface area (Å²) in [6.45, 7) is 1.93. The third kappa shape index (κ3) is 3.52. The zero-order valence-electron chi connectivity index (χ0n) is 14.9. The highest BCUT2D eigenvalue weighted by atomic mass is 32.2. The van der Waals surface area contributed by atoms with Gasteiger partial charge >= 0.3 is 0 Å². The van der Waals surface area contributed by atoms with Crippen LogP contribution in [0.25, 0.3) is 10.9 Å². The van der Waals surface area contributed by atoms with Crippen molar-refractivity contribution in [3.63, 3.8) is 0 Å². The van der Waals surface area contributed by atoms with E-state index in [0.717, 1.165) is 27.6 Å². The summed E-state index contributed by atoms with van der Waals surface area (Å²) in [6, 6.07) is 23.9. The molecular weight excluding hydrogens is 356 g/mol. The topological polar surface area (TPSA) is 62.0 Å². The molecule has 0 aliphatic rings. The first-order valence-corrected chi connectivity index (χ1v) is 10.2. The molecule has 0 amide bonds. The maximum absolute atomic E-state index is 13.0. The van der Waals surface area contributed by atoms with Crippen LogP contribution in [0.1, 0.15) is 22.7 Å². The molecule has 2 N–H and O–H groups in total. The standard InChI is InChI=1S/C22H20N2O2S/c1-16-11-13-18(14-12-16)27(25,26)24-22(17-7-3-2-4-8-17)20-15-23-21-10-6-5-9-19(20)21/h2-15,22-24H,1H3/t22-/m0/s1. The SMILES string of the molecule is Cc1ccc(S(=O)(=O)N[C@@H](c2ccccc2)c2c[nH]c3ccccc23)cc1. The van der Waals surface area contributed by atoms with Gasteiger partial charge in [-0.1, -0.05) is 66.2 Å². The average Bonchev–Trinajstić information content (AvgIpc) is 3.11. The summed E-state index contributed by atoms with van der Waals surface area (Å²) < 4.78 is 29.0. The van der Waals surface area contributed by atoms with Crippen molar-refractivity contribution < 1.29 is 8.42 Å². The van der Waals surface area contributed by atoms with Crippen LogP contribution in [0.4, 0.5) is 0 Å². The zero-order valence-corrected chi connectivity index (χ0v) is 15.7. The molecule has 27 heavy (non-hydrogen) atoms. The minimum Gasteiger partial charge on any atom is -0.361 e. The Bertz CT molecular complexity index is 1160. The van der Waals surface area contributed by atoms with Gasteiger partial charge in [-0.05, 0) is 36.2 Å². The van der Waals surface area contributed by atoms with Gasteiger partial charge in [0.25, 0.3) is 0 Å². The lowest BCUT2D eigenvalue weighted by molar-refractivity contribution is 0.572. The maximum atomic E-state index is 13.0. The smallest absolute Gasteiger partial charge is 0.241 e. The number of H-pyrrole nitrogens is 1. The lowest BCUT2D eigenvalue weighted by Gasteiger charge is -2.19. The second-order valence-electron chi connectivity index (χ2n) is 6.57. The highest BCUT2D eigenvalue weighted by Crippen LogP contribution is 2.30. The number of hydrogen-bond acceptors (Lipinski definition) is 2. The summed E-state index contributed by atoms with van der Waals surface area (Å²) >= 11 is 0. The van der Waals surface area contributed by atoms with Crippen LogP contribution in [0.15, 0.2) is 90.0 Å². The summed E-state index contributed by atoms with van der Waals surface area (Å²) in [5, 5.41) is 0.998. The summed E-state index contributed by atoms with van der Waals surface area (Å²) in [7, 11) is -3.68. The monoisotopic (exact) mass is 376 g/mol. The van der Waals surface area contributed by atoms with Crippen molar-refractivity contribution in [1.29, 1.82) is 0 Å². The number of hydrogen-bond donors (Lipinski definition) is 2. The number of benzene rings is 3. The molecule has 0 radical (unpaired) electrons. The molecule has 0 saturated heterocycles. The van der Waals surface area contributed by atoms with E-state index >= 15 is 0 Å². The van der Waals surface area contributed by atoms with Crippen molar-refractivity contribution in [3.8, 4) is 0 Å². The molecular formula is C22H20N2O2S. The van der Waals surface area contributed by atoms with Crippen molar-refractivity contribution in [1.82, 2.24) is 9.71 Å². The number of rotatable bonds is 5. The van der Waals surface area contributed by atoms with Crippen LogP contribution in [-0.2, 0) is 10.0 Å². The van der Waals surface area contributed by atoms with Crippen molar-refractivity contribution >= 4 is 20.9 Å². The van der Waals surface area contributed by atoms with Gasteiger partial charge in [-0.25, -0.2) is 8.42 Å².